The molecule has 0 aliphatic carbocycles. The summed E-state index contributed by atoms with van der Waals surface area (Å²) in [7, 11) is 0.0562. The van der Waals surface area contributed by atoms with E-state index < -0.39 is 15.8 Å². The molecule has 21 heavy (non-hydrogen) atoms. The number of sulfonamides is 1. The van der Waals surface area contributed by atoms with Gasteiger partial charge in [-0.2, -0.15) is 4.31 Å². The molecule has 0 bridgehead atoms. The zero-order valence-corrected chi connectivity index (χ0v) is 13.3. The zero-order valence-electron chi connectivity index (χ0n) is 12.5. The van der Waals surface area contributed by atoms with Gasteiger partial charge in [-0.15, -0.1) is 0 Å². The minimum atomic E-state index is -3.66. The van der Waals surface area contributed by atoms with Crippen LogP contribution in [0.4, 0.5) is 4.39 Å². The maximum Gasteiger partial charge on any atom is 0.243 e. The second-order valence-electron chi connectivity index (χ2n) is 5.34. The summed E-state index contributed by atoms with van der Waals surface area (Å²) in [6.07, 6.45) is 0.784. The number of benzene rings is 1. The Kier molecular flexibility index (Phi) is 5.32. The van der Waals surface area contributed by atoms with Gasteiger partial charge < -0.3 is 10.2 Å². The number of hydrogen-bond acceptors (Lipinski definition) is 4. The van der Waals surface area contributed by atoms with Gasteiger partial charge in [0.1, 0.15) is 5.82 Å². The molecule has 118 valence electrons. The van der Waals surface area contributed by atoms with Gasteiger partial charge in [-0.05, 0) is 44.8 Å². The number of nitrogens with zero attached hydrogens (tertiary/aromatic N) is 2. The lowest BCUT2D eigenvalue weighted by Gasteiger charge is -2.22. The minimum absolute atomic E-state index is 0.0707. The number of nitrogens with one attached hydrogen (secondary N) is 1. The van der Waals surface area contributed by atoms with E-state index in [9.17, 15) is 12.8 Å². The van der Waals surface area contributed by atoms with Gasteiger partial charge in [0.15, 0.2) is 0 Å². The number of hydrogen-bond donors (Lipinski definition) is 1. The van der Waals surface area contributed by atoms with Crippen molar-refractivity contribution >= 4 is 10.0 Å². The van der Waals surface area contributed by atoms with Crippen molar-refractivity contribution in [3.63, 3.8) is 0 Å². The van der Waals surface area contributed by atoms with E-state index in [1.807, 2.05) is 7.05 Å². The molecular weight excluding hydrogens is 293 g/mol. The summed E-state index contributed by atoms with van der Waals surface area (Å²) in [6, 6.07) is 3.95. The van der Waals surface area contributed by atoms with Crippen molar-refractivity contribution in [2.24, 2.45) is 0 Å². The van der Waals surface area contributed by atoms with Gasteiger partial charge in [0.05, 0.1) is 4.90 Å². The quantitative estimate of drug-likeness (QED) is 0.896. The molecule has 0 aromatic heterocycles. The number of likely N-dealkylation sites (N-methyl/N-ethyl adjacent to an activating group) is 1. The summed E-state index contributed by atoms with van der Waals surface area (Å²) in [6.45, 7) is 2.87. The summed E-state index contributed by atoms with van der Waals surface area (Å²) in [5.41, 5.74) is 0.594. The van der Waals surface area contributed by atoms with Crippen LogP contribution >= 0.6 is 0 Å². The molecule has 0 unspecified atom stereocenters. The molecule has 1 N–H and O–H groups in total. The lowest BCUT2D eigenvalue weighted by molar-refractivity contribution is 0.347. The van der Waals surface area contributed by atoms with Crippen molar-refractivity contribution in [2.75, 3.05) is 40.3 Å². The third-order valence-electron chi connectivity index (χ3n) is 3.69. The predicted octanol–water partition coefficient (Wildman–Crippen LogP) is 0.871. The largest absolute Gasteiger partial charge is 0.316 e. The average Bonchev–Trinajstić information content (AvgIpc) is 2.66. The Morgan fingerprint density at radius 1 is 1.24 bits per heavy atom. The van der Waals surface area contributed by atoms with Crippen molar-refractivity contribution in [1.82, 2.24) is 14.5 Å². The first-order chi connectivity index (χ1) is 9.95. The SMILES string of the molecule is CNCc1ccc(F)cc1S(=O)(=O)N1CCCN(C)CC1. The molecule has 0 radical (unpaired) electrons. The van der Waals surface area contributed by atoms with Crippen LogP contribution in [0.5, 0.6) is 0 Å². The van der Waals surface area contributed by atoms with Crippen LogP contribution in [-0.2, 0) is 16.6 Å². The third kappa shape index (κ3) is 3.79. The molecule has 1 aliphatic heterocycles. The zero-order chi connectivity index (χ0) is 15.5. The van der Waals surface area contributed by atoms with Gasteiger partial charge in [-0.1, -0.05) is 6.07 Å². The van der Waals surface area contributed by atoms with Crippen molar-refractivity contribution in [3.8, 4) is 0 Å². The molecule has 1 heterocycles. The van der Waals surface area contributed by atoms with E-state index >= 15 is 0 Å². The van der Waals surface area contributed by atoms with E-state index in [1.165, 1.54) is 16.4 Å². The highest BCUT2D eigenvalue weighted by atomic mass is 32.2. The lowest BCUT2D eigenvalue weighted by atomic mass is 10.2. The topological polar surface area (TPSA) is 52.7 Å². The highest BCUT2D eigenvalue weighted by molar-refractivity contribution is 7.89. The molecule has 1 fully saturated rings. The summed E-state index contributed by atoms with van der Waals surface area (Å²) in [5, 5.41) is 2.92. The van der Waals surface area contributed by atoms with Gasteiger partial charge in [-0.3, -0.25) is 0 Å². The average molecular weight is 315 g/mol. The molecule has 1 aliphatic rings. The fraction of sp³-hybridized carbons (Fsp3) is 0.571. The van der Waals surface area contributed by atoms with Crippen LogP contribution in [-0.4, -0.2) is 57.9 Å². The second-order valence-corrected chi connectivity index (χ2v) is 7.25. The van der Waals surface area contributed by atoms with Crippen LogP contribution in [0.25, 0.3) is 0 Å². The van der Waals surface area contributed by atoms with Crippen LogP contribution in [0.15, 0.2) is 23.1 Å². The molecule has 7 heteroatoms. The summed E-state index contributed by atoms with van der Waals surface area (Å²) < 4.78 is 40.6. The van der Waals surface area contributed by atoms with Crippen LogP contribution in [0.2, 0.25) is 0 Å². The highest BCUT2D eigenvalue weighted by Crippen LogP contribution is 2.22. The van der Waals surface area contributed by atoms with Gasteiger partial charge in [-0.25, -0.2) is 12.8 Å². The molecule has 1 aromatic carbocycles. The summed E-state index contributed by atoms with van der Waals surface area (Å²) in [5.74, 6) is -0.527. The van der Waals surface area contributed by atoms with E-state index in [0.29, 0.717) is 31.7 Å². The van der Waals surface area contributed by atoms with E-state index in [-0.39, 0.29) is 4.90 Å². The molecule has 2 rings (SSSR count). The fourth-order valence-corrected chi connectivity index (χ4v) is 4.21. The van der Waals surface area contributed by atoms with E-state index in [0.717, 1.165) is 19.0 Å². The Morgan fingerprint density at radius 3 is 2.71 bits per heavy atom. The Balaban J connectivity index is 2.36. The molecule has 1 aromatic rings. The Hall–Kier alpha value is -1.02. The number of halogens is 1. The van der Waals surface area contributed by atoms with E-state index in [1.54, 1.807) is 7.05 Å². The summed E-state index contributed by atoms with van der Waals surface area (Å²) in [4.78, 5) is 2.18. The standard InChI is InChI=1S/C14H22FN3O2S/c1-16-11-12-4-5-13(15)10-14(12)21(19,20)18-7-3-6-17(2)8-9-18/h4-5,10,16H,3,6-9,11H2,1-2H3. The monoisotopic (exact) mass is 315 g/mol. The smallest absolute Gasteiger partial charge is 0.243 e. The van der Waals surface area contributed by atoms with Gasteiger partial charge >= 0.3 is 0 Å². The molecule has 0 atom stereocenters. The van der Waals surface area contributed by atoms with Crippen LogP contribution in [0.1, 0.15) is 12.0 Å². The molecule has 1 saturated heterocycles. The van der Waals surface area contributed by atoms with Crippen molar-refractivity contribution in [3.05, 3.63) is 29.6 Å². The first-order valence-corrected chi connectivity index (χ1v) is 8.51. The lowest BCUT2D eigenvalue weighted by Crippen LogP contribution is -2.35. The van der Waals surface area contributed by atoms with Gasteiger partial charge in [0.2, 0.25) is 10.0 Å². The first-order valence-electron chi connectivity index (χ1n) is 7.07. The van der Waals surface area contributed by atoms with Crippen molar-refractivity contribution in [1.29, 1.82) is 0 Å². The van der Waals surface area contributed by atoms with E-state index in [2.05, 4.69) is 10.2 Å². The number of rotatable bonds is 4. The van der Waals surface area contributed by atoms with Crippen LogP contribution < -0.4 is 5.32 Å². The molecule has 0 amide bonds. The third-order valence-corrected chi connectivity index (χ3v) is 5.67. The van der Waals surface area contributed by atoms with Gasteiger partial charge in [0.25, 0.3) is 0 Å². The Morgan fingerprint density at radius 2 is 2.00 bits per heavy atom. The maximum atomic E-state index is 13.5. The van der Waals surface area contributed by atoms with E-state index in [4.69, 9.17) is 0 Å². The molecule has 0 spiro atoms. The maximum absolute atomic E-state index is 13.5. The van der Waals surface area contributed by atoms with Crippen molar-refractivity contribution < 1.29 is 12.8 Å². The van der Waals surface area contributed by atoms with Crippen molar-refractivity contribution in [2.45, 2.75) is 17.9 Å². The minimum Gasteiger partial charge on any atom is -0.316 e. The second kappa shape index (κ2) is 6.83. The first kappa shape index (κ1) is 16.4. The van der Waals surface area contributed by atoms with Gasteiger partial charge in [0, 0.05) is 26.2 Å². The van der Waals surface area contributed by atoms with Crippen LogP contribution in [0.3, 0.4) is 0 Å². The highest BCUT2D eigenvalue weighted by Gasteiger charge is 2.28. The Bertz CT molecular complexity index is 592. The fourth-order valence-electron chi connectivity index (χ4n) is 2.51. The molecule has 0 saturated carbocycles. The van der Waals surface area contributed by atoms with Crippen LogP contribution in [0, 0.1) is 5.82 Å². The normalized spacial score (nSPS) is 18.6. The molecule has 5 nitrogen and oxygen atoms in total. The molecular formula is C14H22FN3O2S. The summed E-state index contributed by atoms with van der Waals surface area (Å²) >= 11 is 0. The Labute approximate surface area is 125 Å². The predicted molar refractivity (Wildman–Crippen MR) is 80.0 cm³/mol.